The maximum atomic E-state index is 14.0. The Balaban J connectivity index is 1.90. The summed E-state index contributed by atoms with van der Waals surface area (Å²) in [5, 5.41) is 7.87. The highest BCUT2D eigenvalue weighted by Gasteiger charge is 2.42. The van der Waals surface area contributed by atoms with E-state index >= 15 is 0 Å². The quantitative estimate of drug-likeness (QED) is 0.341. The lowest BCUT2D eigenvalue weighted by atomic mass is 9.98. The van der Waals surface area contributed by atoms with Gasteiger partial charge in [-0.3, -0.25) is 9.59 Å². The van der Waals surface area contributed by atoms with E-state index in [1.807, 2.05) is 31.2 Å². The van der Waals surface area contributed by atoms with E-state index in [1.54, 1.807) is 71.9 Å². The van der Waals surface area contributed by atoms with Gasteiger partial charge in [0.15, 0.2) is 0 Å². The number of benzene rings is 2. The molecule has 0 atom stereocenters. The van der Waals surface area contributed by atoms with Crippen LogP contribution in [0, 0.1) is 0 Å². The first kappa shape index (κ1) is 32.5. The van der Waals surface area contributed by atoms with Crippen LogP contribution in [0.5, 0.6) is 0 Å². The van der Waals surface area contributed by atoms with Crippen LogP contribution in [0.1, 0.15) is 73.8 Å². The van der Waals surface area contributed by atoms with Crippen LogP contribution in [-0.4, -0.2) is 45.9 Å². The third-order valence-electron chi connectivity index (χ3n) is 6.12. The number of imide groups is 1. The van der Waals surface area contributed by atoms with Crippen molar-refractivity contribution >= 4 is 57.8 Å². The lowest BCUT2D eigenvalue weighted by Gasteiger charge is -2.33. The molecule has 0 unspecified atom stereocenters. The summed E-state index contributed by atoms with van der Waals surface area (Å²) < 4.78 is 11.3. The molecule has 44 heavy (non-hydrogen) atoms. The molecular weight excluding hydrogens is 580 g/mol. The van der Waals surface area contributed by atoms with Gasteiger partial charge in [0.1, 0.15) is 11.2 Å². The second-order valence-electron chi connectivity index (χ2n) is 12.3. The number of thioether (sulfide) groups is 1. The summed E-state index contributed by atoms with van der Waals surface area (Å²) >= 11 is 1.43. The number of nitrogens with one attached hydrogen (secondary N) is 1. The zero-order valence-corrected chi connectivity index (χ0v) is 27.1. The molecule has 0 aromatic heterocycles. The molecule has 0 saturated carbocycles. The molecule has 0 bridgehead atoms. The van der Waals surface area contributed by atoms with E-state index in [9.17, 15) is 19.2 Å². The zero-order valence-electron chi connectivity index (χ0n) is 26.3. The van der Waals surface area contributed by atoms with Crippen LogP contribution in [0.15, 0.2) is 75.9 Å². The number of para-hydroxylation sites is 1. The Bertz CT molecular complexity index is 1580. The summed E-state index contributed by atoms with van der Waals surface area (Å²) in [6.45, 7) is 13.8. The number of amides is 4. The maximum Gasteiger partial charge on any atom is 0.438 e. The summed E-state index contributed by atoms with van der Waals surface area (Å²) in [4.78, 5) is 55.4. The van der Waals surface area contributed by atoms with Gasteiger partial charge in [-0.2, -0.15) is 5.10 Å². The van der Waals surface area contributed by atoms with Crippen molar-refractivity contribution in [2.75, 3.05) is 10.2 Å². The Morgan fingerprint density at radius 3 is 2.11 bits per heavy atom. The number of fused-ring (bicyclic) bond motifs is 1. The third-order valence-corrected chi connectivity index (χ3v) is 7.19. The van der Waals surface area contributed by atoms with Crippen molar-refractivity contribution < 1.29 is 28.7 Å². The van der Waals surface area contributed by atoms with E-state index in [-0.39, 0.29) is 17.2 Å². The number of carbonyl (C=O) groups excluding carboxylic acids is 4. The SMILES string of the molecule is CCCC1=NN(C(=O)OC(C)(C)C)C(=O)/C1=C1/C=C(Sc2ccc(NC(C)=O)cc2)c2ccccc2N1C(=O)OC(C)(C)C. The topological polar surface area (TPSA) is 118 Å². The number of rotatable bonds is 5. The molecule has 0 aliphatic carbocycles. The average molecular weight is 619 g/mol. The Hall–Kier alpha value is -4.38. The number of allylic oxidation sites excluding steroid dienone is 1. The van der Waals surface area contributed by atoms with Crippen molar-refractivity contribution in [2.45, 2.75) is 84.3 Å². The highest BCUT2D eigenvalue weighted by atomic mass is 32.2. The molecule has 1 N–H and O–H groups in total. The minimum absolute atomic E-state index is 0.122. The van der Waals surface area contributed by atoms with Crippen molar-refractivity contribution in [1.82, 2.24) is 5.01 Å². The minimum Gasteiger partial charge on any atom is -0.443 e. The average Bonchev–Trinajstić information content (AvgIpc) is 3.23. The standard InChI is InChI=1S/C33H38N4O6S/c1-9-12-24-28(29(39)37(35-24)31(41)43-33(6,7)8)26-19-27(44-22-17-15-21(16-18-22)34-20(2)38)23-13-10-11-14-25(23)36(26)30(40)42-32(3,4)5/h10-11,13-19H,9,12H2,1-8H3,(H,34,38)/b28-26-. The second kappa shape index (κ2) is 12.7. The fourth-order valence-corrected chi connectivity index (χ4v) is 5.51. The first-order valence-electron chi connectivity index (χ1n) is 14.4. The van der Waals surface area contributed by atoms with Gasteiger partial charge in [-0.15, -0.1) is 5.01 Å². The molecule has 4 rings (SSSR count). The van der Waals surface area contributed by atoms with Crippen molar-refractivity contribution in [2.24, 2.45) is 5.10 Å². The monoisotopic (exact) mass is 618 g/mol. The Morgan fingerprint density at radius 2 is 1.52 bits per heavy atom. The van der Waals surface area contributed by atoms with Gasteiger partial charge in [0.25, 0.3) is 5.91 Å². The van der Waals surface area contributed by atoms with Gasteiger partial charge in [0.05, 0.1) is 22.7 Å². The van der Waals surface area contributed by atoms with Gasteiger partial charge < -0.3 is 14.8 Å². The molecule has 11 heteroatoms. The molecule has 0 saturated heterocycles. The smallest absolute Gasteiger partial charge is 0.438 e. The molecule has 232 valence electrons. The van der Waals surface area contributed by atoms with E-state index < -0.39 is 29.3 Å². The Labute approximate surface area is 262 Å². The summed E-state index contributed by atoms with van der Waals surface area (Å²) in [5.74, 6) is -0.857. The van der Waals surface area contributed by atoms with Crippen molar-refractivity contribution in [3.05, 3.63) is 71.4 Å². The fraction of sp³-hybridized carbons (Fsp3) is 0.364. The van der Waals surface area contributed by atoms with Crippen LogP contribution in [0.25, 0.3) is 4.91 Å². The summed E-state index contributed by atoms with van der Waals surface area (Å²) in [6.07, 6.45) is 1.21. The number of ether oxygens (including phenoxy) is 2. The van der Waals surface area contributed by atoms with Crippen molar-refractivity contribution in [3.63, 3.8) is 0 Å². The van der Waals surface area contributed by atoms with Gasteiger partial charge >= 0.3 is 12.2 Å². The van der Waals surface area contributed by atoms with E-state index in [0.29, 0.717) is 29.9 Å². The van der Waals surface area contributed by atoms with Crippen LogP contribution in [0.4, 0.5) is 21.0 Å². The fourth-order valence-electron chi connectivity index (χ4n) is 4.53. The van der Waals surface area contributed by atoms with Gasteiger partial charge in [-0.25, -0.2) is 14.5 Å². The first-order chi connectivity index (χ1) is 20.6. The Morgan fingerprint density at radius 1 is 0.909 bits per heavy atom. The highest BCUT2D eigenvalue weighted by Crippen LogP contribution is 2.46. The predicted molar refractivity (Wildman–Crippen MR) is 172 cm³/mol. The van der Waals surface area contributed by atoms with Gasteiger partial charge in [0.2, 0.25) is 5.91 Å². The number of anilines is 2. The number of hydrogen-bond acceptors (Lipinski definition) is 8. The van der Waals surface area contributed by atoms with Gasteiger partial charge in [0, 0.05) is 28.0 Å². The van der Waals surface area contributed by atoms with Gasteiger partial charge in [-0.1, -0.05) is 43.3 Å². The second-order valence-corrected chi connectivity index (χ2v) is 13.4. The number of hydrazone groups is 1. The third kappa shape index (κ3) is 7.57. The van der Waals surface area contributed by atoms with E-state index in [2.05, 4.69) is 10.4 Å². The van der Waals surface area contributed by atoms with Crippen molar-refractivity contribution in [1.29, 1.82) is 0 Å². The molecule has 2 aliphatic heterocycles. The summed E-state index contributed by atoms with van der Waals surface area (Å²) in [6, 6.07) is 14.7. The molecule has 10 nitrogen and oxygen atoms in total. The molecule has 2 aliphatic rings. The molecule has 0 spiro atoms. The number of nitrogens with zero attached hydrogens (tertiary/aromatic N) is 3. The molecule has 4 amide bonds. The Kier molecular flexibility index (Phi) is 9.39. The van der Waals surface area contributed by atoms with Crippen LogP contribution in [0.3, 0.4) is 0 Å². The zero-order chi connectivity index (χ0) is 32.4. The normalized spacial score (nSPS) is 16.7. The maximum absolute atomic E-state index is 14.0. The van der Waals surface area contributed by atoms with Crippen molar-refractivity contribution in [3.8, 4) is 0 Å². The molecular formula is C33H38N4O6S. The lowest BCUT2D eigenvalue weighted by molar-refractivity contribution is -0.125. The van der Waals surface area contributed by atoms with Crippen LogP contribution in [0.2, 0.25) is 0 Å². The molecule has 2 aromatic rings. The van der Waals surface area contributed by atoms with E-state index in [0.717, 1.165) is 20.4 Å². The summed E-state index contributed by atoms with van der Waals surface area (Å²) in [7, 11) is 0. The molecule has 2 aromatic carbocycles. The van der Waals surface area contributed by atoms with E-state index in [1.165, 1.54) is 23.6 Å². The molecule has 0 radical (unpaired) electrons. The van der Waals surface area contributed by atoms with Crippen LogP contribution < -0.4 is 10.2 Å². The first-order valence-corrected chi connectivity index (χ1v) is 15.2. The highest BCUT2D eigenvalue weighted by molar-refractivity contribution is 8.08. The van der Waals surface area contributed by atoms with Gasteiger partial charge in [-0.05, 0) is 84.4 Å². The van der Waals surface area contributed by atoms with Crippen LogP contribution >= 0.6 is 11.8 Å². The number of hydrogen-bond donors (Lipinski definition) is 1. The molecule has 2 heterocycles. The van der Waals surface area contributed by atoms with Crippen LogP contribution in [-0.2, 0) is 19.1 Å². The largest absolute Gasteiger partial charge is 0.443 e. The molecule has 0 fully saturated rings. The predicted octanol–water partition coefficient (Wildman–Crippen LogP) is 7.72. The number of carbonyl (C=O) groups is 4. The minimum atomic E-state index is -0.899. The summed E-state index contributed by atoms with van der Waals surface area (Å²) in [5.41, 5.74) is 1.00. The lowest BCUT2D eigenvalue weighted by Crippen LogP contribution is -2.40. The van der Waals surface area contributed by atoms with E-state index in [4.69, 9.17) is 9.47 Å².